The quantitative estimate of drug-likeness (QED) is 0.810. The zero-order valence-corrected chi connectivity index (χ0v) is 11.7. The lowest BCUT2D eigenvalue weighted by Gasteiger charge is -2.28. The Bertz CT molecular complexity index is 440. The highest BCUT2D eigenvalue weighted by molar-refractivity contribution is 5.95. The summed E-state index contributed by atoms with van der Waals surface area (Å²) < 4.78 is 28.6. The number of hydrogen-bond donors (Lipinski definition) is 2. The molecule has 20 heavy (non-hydrogen) atoms. The van der Waals surface area contributed by atoms with E-state index in [-0.39, 0.29) is 18.2 Å². The highest BCUT2D eigenvalue weighted by Gasteiger charge is 2.33. The summed E-state index contributed by atoms with van der Waals surface area (Å²) in [6.45, 7) is 1.13. The number of nitrogens with one attached hydrogen (secondary N) is 1. The minimum Gasteiger partial charge on any atom is -0.435 e. The Kier molecular flexibility index (Phi) is 5.88. The average Bonchev–Trinajstić information content (AvgIpc) is 2.41. The Hall–Kier alpha value is -1.69. The van der Waals surface area contributed by atoms with E-state index >= 15 is 0 Å². The average molecular weight is 286 g/mol. The third-order valence-corrected chi connectivity index (χ3v) is 3.54. The Morgan fingerprint density at radius 3 is 2.55 bits per heavy atom. The van der Waals surface area contributed by atoms with Crippen LogP contribution in [0.15, 0.2) is 24.3 Å². The van der Waals surface area contributed by atoms with Crippen LogP contribution in [0, 0.1) is 5.41 Å². The number of carbonyl (C=O) groups excluding carboxylic acids is 1. The molecule has 1 rings (SSSR count). The Morgan fingerprint density at radius 2 is 2.05 bits per heavy atom. The van der Waals surface area contributed by atoms with Crippen LogP contribution in [0.2, 0.25) is 0 Å². The number of benzene rings is 1. The molecule has 0 radical (unpaired) electrons. The molecule has 0 unspecified atom stereocenters. The van der Waals surface area contributed by atoms with Crippen molar-refractivity contribution in [1.29, 1.82) is 0 Å². The van der Waals surface area contributed by atoms with Gasteiger partial charge in [-0.3, -0.25) is 4.79 Å². The second-order valence-electron chi connectivity index (χ2n) is 4.55. The van der Waals surface area contributed by atoms with Gasteiger partial charge in [-0.1, -0.05) is 19.9 Å². The van der Waals surface area contributed by atoms with Gasteiger partial charge in [0.15, 0.2) is 0 Å². The largest absolute Gasteiger partial charge is 0.435 e. The molecule has 1 amide bonds. The van der Waals surface area contributed by atoms with Crippen molar-refractivity contribution < 1.29 is 18.3 Å². The number of amides is 1. The predicted molar refractivity (Wildman–Crippen MR) is 73.8 cm³/mol. The van der Waals surface area contributed by atoms with Gasteiger partial charge in [0.2, 0.25) is 5.91 Å². The summed E-state index contributed by atoms with van der Waals surface area (Å²) in [7, 11) is 0. The maximum Gasteiger partial charge on any atom is 0.387 e. The highest BCUT2D eigenvalue weighted by Crippen LogP contribution is 2.28. The topological polar surface area (TPSA) is 64.4 Å². The van der Waals surface area contributed by atoms with Gasteiger partial charge in [0, 0.05) is 18.3 Å². The van der Waals surface area contributed by atoms with E-state index < -0.39 is 12.0 Å². The lowest BCUT2D eigenvalue weighted by atomic mass is 9.81. The van der Waals surface area contributed by atoms with Crippen molar-refractivity contribution >= 4 is 11.6 Å². The molecule has 0 aliphatic heterocycles. The van der Waals surface area contributed by atoms with Gasteiger partial charge in [-0.15, -0.1) is 0 Å². The smallest absolute Gasteiger partial charge is 0.387 e. The fourth-order valence-electron chi connectivity index (χ4n) is 1.97. The van der Waals surface area contributed by atoms with E-state index in [1.165, 1.54) is 18.2 Å². The van der Waals surface area contributed by atoms with Gasteiger partial charge < -0.3 is 15.8 Å². The molecule has 0 bridgehead atoms. The summed E-state index contributed by atoms with van der Waals surface area (Å²) >= 11 is 0. The number of hydrogen-bond acceptors (Lipinski definition) is 3. The van der Waals surface area contributed by atoms with Crippen molar-refractivity contribution in [3.63, 3.8) is 0 Å². The minimum absolute atomic E-state index is 0.00384. The highest BCUT2D eigenvalue weighted by atomic mass is 19.3. The third-order valence-electron chi connectivity index (χ3n) is 3.54. The lowest BCUT2D eigenvalue weighted by Crippen LogP contribution is -2.41. The van der Waals surface area contributed by atoms with Crippen LogP contribution in [0.5, 0.6) is 5.75 Å². The molecule has 0 aromatic heterocycles. The Labute approximate surface area is 117 Å². The summed E-state index contributed by atoms with van der Waals surface area (Å²) in [5, 5.41) is 2.71. The first-order valence-electron chi connectivity index (χ1n) is 6.53. The molecular formula is C14H20F2N2O2. The maximum atomic E-state index is 12.3. The summed E-state index contributed by atoms with van der Waals surface area (Å²) in [5.74, 6) is -0.205. The third kappa shape index (κ3) is 3.90. The van der Waals surface area contributed by atoms with E-state index in [2.05, 4.69) is 10.1 Å². The molecule has 6 heteroatoms. The molecule has 0 saturated carbocycles. The van der Waals surface area contributed by atoms with Crippen LogP contribution in [0.4, 0.5) is 14.5 Å². The van der Waals surface area contributed by atoms with E-state index in [1.54, 1.807) is 6.07 Å². The fourth-order valence-corrected chi connectivity index (χ4v) is 1.97. The maximum absolute atomic E-state index is 12.3. The van der Waals surface area contributed by atoms with Crippen molar-refractivity contribution in [2.75, 3.05) is 11.9 Å². The molecule has 112 valence electrons. The number of nitrogens with two attached hydrogens (primary N) is 1. The van der Waals surface area contributed by atoms with Crippen molar-refractivity contribution in [1.82, 2.24) is 0 Å². The lowest BCUT2D eigenvalue weighted by molar-refractivity contribution is -0.125. The van der Waals surface area contributed by atoms with E-state index in [9.17, 15) is 13.6 Å². The molecule has 1 aromatic carbocycles. The van der Waals surface area contributed by atoms with Crippen LogP contribution in [-0.2, 0) is 4.79 Å². The Morgan fingerprint density at radius 1 is 1.40 bits per heavy atom. The second-order valence-corrected chi connectivity index (χ2v) is 4.55. The molecule has 0 atom stereocenters. The van der Waals surface area contributed by atoms with Crippen LogP contribution in [0.25, 0.3) is 0 Å². The molecule has 0 saturated heterocycles. The second kappa shape index (κ2) is 7.19. The number of ether oxygens (including phenoxy) is 1. The molecule has 0 heterocycles. The van der Waals surface area contributed by atoms with Crippen molar-refractivity contribution in [3.05, 3.63) is 24.3 Å². The van der Waals surface area contributed by atoms with Crippen molar-refractivity contribution in [2.24, 2.45) is 11.1 Å². The number of alkyl halides is 2. The van der Waals surface area contributed by atoms with Crippen LogP contribution >= 0.6 is 0 Å². The zero-order valence-electron chi connectivity index (χ0n) is 11.7. The Balaban J connectivity index is 2.84. The van der Waals surface area contributed by atoms with Crippen LogP contribution in [-0.4, -0.2) is 19.1 Å². The SMILES string of the molecule is CCC(CC)(CN)C(=O)Nc1cccc(OC(F)F)c1. The summed E-state index contributed by atoms with van der Waals surface area (Å²) in [6, 6.07) is 5.91. The normalized spacial score (nSPS) is 11.5. The molecule has 0 aliphatic rings. The molecule has 1 aromatic rings. The van der Waals surface area contributed by atoms with Gasteiger partial charge in [-0.05, 0) is 25.0 Å². The molecule has 0 fully saturated rings. The number of rotatable bonds is 7. The standard InChI is InChI=1S/C14H20F2N2O2/c1-3-14(4-2,9-17)12(19)18-10-6-5-7-11(8-10)20-13(15)16/h5-8,13H,3-4,9,17H2,1-2H3,(H,18,19). The zero-order chi connectivity index (χ0) is 15.2. The molecule has 0 spiro atoms. The van der Waals surface area contributed by atoms with Crippen LogP contribution in [0.1, 0.15) is 26.7 Å². The van der Waals surface area contributed by atoms with Gasteiger partial charge in [0.05, 0.1) is 5.41 Å². The molecule has 3 N–H and O–H groups in total. The van der Waals surface area contributed by atoms with Gasteiger partial charge in [-0.2, -0.15) is 8.78 Å². The first-order valence-corrected chi connectivity index (χ1v) is 6.53. The number of halogens is 2. The molecular weight excluding hydrogens is 266 g/mol. The van der Waals surface area contributed by atoms with Gasteiger partial charge >= 0.3 is 6.61 Å². The first-order chi connectivity index (χ1) is 9.47. The number of carbonyl (C=O) groups is 1. The molecule has 0 aliphatic carbocycles. The summed E-state index contributed by atoms with van der Waals surface area (Å²) in [5.41, 5.74) is 5.47. The number of anilines is 1. The monoisotopic (exact) mass is 286 g/mol. The fraction of sp³-hybridized carbons (Fsp3) is 0.500. The summed E-state index contributed by atoms with van der Waals surface area (Å²) in [4.78, 5) is 12.3. The molecule has 4 nitrogen and oxygen atoms in total. The van der Waals surface area contributed by atoms with Gasteiger partial charge in [0.25, 0.3) is 0 Å². The van der Waals surface area contributed by atoms with Gasteiger partial charge in [0.1, 0.15) is 5.75 Å². The first kappa shape index (κ1) is 16.4. The van der Waals surface area contributed by atoms with E-state index in [0.717, 1.165) is 0 Å². The van der Waals surface area contributed by atoms with Gasteiger partial charge in [-0.25, -0.2) is 0 Å². The summed E-state index contributed by atoms with van der Waals surface area (Å²) in [6.07, 6.45) is 1.22. The van der Waals surface area contributed by atoms with E-state index in [0.29, 0.717) is 18.5 Å². The predicted octanol–water partition coefficient (Wildman–Crippen LogP) is 2.99. The van der Waals surface area contributed by atoms with E-state index in [4.69, 9.17) is 5.73 Å². The van der Waals surface area contributed by atoms with E-state index in [1.807, 2.05) is 13.8 Å². The van der Waals surface area contributed by atoms with Crippen LogP contribution in [0.3, 0.4) is 0 Å². The van der Waals surface area contributed by atoms with Crippen molar-refractivity contribution in [2.45, 2.75) is 33.3 Å². The minimum atomic E-state index is -2.89. The van der Waals surface area contributed by atoms with Crippen LogP contribution < -0.4 is 15.8 Å². The van der Waals surface area contributed by atoms with Crippen molar-refractivity contribution in [3.8, 4) is 5.75 Å².